The number of hydrogen-bond donors (Lipinski definition) is 3. The second kappa shape index (κ2) is 5.13. The summed E-state index contributed by atoms with van der Waals surface area (Å²) < 4.78 is 0. The van der Waals surface area contributed by atoms with Crippen molar-refractivity contribution in [2.24, 2.45) is 5.73 Å². The second-order valence-electron chi connectivity index (χ2n) is 4.67. The zero-order chi connectivity index (χ0) is 14.8. The Labute approximate surface area is 121 Å². The van der Waals surface area contributed by atoms with Crippen molar-refractivity contribution in [1.29, 1.82) is 0 Å². The summed E-state index contributed by atoms with van der Waals surface area (Å²) in [5.41, 5.74) is 14.2. The number of carbonyl (C=O) groups is 1. The van der Waals surface area contributed by atoms with Gasteiger partial charge in [-0.25, -0.2) is 0 Å². The molecule has 5 nitrogen and oxygen atoms in total. The van der Waals surface area contributed by atoms with Gasteiger partial charge in [-0.05, 0) is 24.3 Å². The highest BCUT2D eigenvalue weighted by Crippen LogP contribution is 2.27. The predicted octanol–water partition coefficient (Wildman–Crippen LogP) is 2.66. The Morgan fingerprint density at radius 1 is 1.10 bits per heavy atom. The molecule has 1 heterocycles. The largest absolute Gasteiger partial charge is 0.396 e. The van der Waals surface area contributed by atoms with E-state index in [4.69, 9.17) is 11.5 Å². The smallest absolute Gasteiger partial charge is 0.250 e. The number of hydrogen-bond acceptors (Lipinski definition) is 4. The minimum Gasteiger partial charge on any atom is -0.396 e. The Bertz CT molecular complexity index is 829. The predicted molar refractivity (Wildman–Crippen MR) is 84.4 cm³/mol. The molecule has 3 aromatic rings. The summed E-state index contributed by atoms with van der Waals surface area (Å²) in [7, 11) is 0. The van der Waals surface area contributed by atoms with Gasteiger partial charge in [0.1, 0.15) is 0 Å². The number of nitrogens with zero attached hydrogens (tertiary/aromatic N) is 1. The van der Waals surface area contributed by atoms with Crippen molar-refractivity contribution in [3.63, 3.8) is 0 Å². The van der Waals surface area contributed by atoms with Crippen molar-refractivity contribution >= 4 is 33.9 Å². The molecular weight excluding hydrogens is 264 g/mol. The first kappa shape index (κ1) is 12.9. The number of nitrogen functional groups attached to an aromatic ring is 1. The number of fused-ring (bicyclic) bond motifs is 1. The maximum atomic E-state index is 11.3. The zero-order valence-corrected chi connectivity index (χ0v) is 11.2. The molecule has 0 fully saturated rings. The van der Waals surface area contributed by atoms with Crippen LogP contribution in [0.4, 0.5) is 17.1 Å². The molecule has 2 aromatic carbocycles. The van der Waals surface area contributed by atoms with Crippen LogP contribution in [0.2, 0.25) is 0 Å². The summed E-state index contributed by atoms with van der Waals surface area (Å²) in [6.45, 7) is 0. The molecular formula is C16H14N4O. The Hall–Kier alpha value is -3.08. The standard InChI is InChI=1S/C16H14N4O/c17-15-12(16(18)21)5-3-7-14(15)20-11-8-10-4-1-2-6-13(10)19-9-11/h1-9,20H,17H2,(H2,18,21). The number of primary amides is 1. The highest BCUT2D eigenvalue weighted by Gasteiger charge is 2.09. The Kier molecular flexibility index (Phi) is 3.16. The average Bonchev–Trinajstić information content (AvgIpc) is 2.49. The molecule has 0 saturated heterocycles. The van der Waals surface area contributed by atoms with Gasteiger partial charge in [0.2, 0.25) is 0 Å². The van der Waals surface area contributed by atoms with Gasteiger partial charge in [-0.1, -0.05) is 24.3 Å². The highest BCUT2D eigenvalue weighted by atomic mass is 16.1. The van der Waals surface area contributed by atoms with Crippen molar-refractivity contribution in [3.8, 4) is 0 Å². The molecule has 5 heteroatoms. The Morgan fingerprint density at radius 2 is 1.90 bits per heavy atom. The van der Waals surface area contributed by atoms with E-state index in [0.717, 1.165) is 16.6 Å². The van der Waals surface area contributed by atoms with Gasteiger partial charge in [0.15, 0.2) is 0 Å². The third-order valence-corrected chi connectivity index (χ3v) is 3.24. The normalized spacial score (nSPS) is 10.5. The van der Waals surface area contributed by atoms with Gasteiger partial charge >= 0.3 is 0 Å². The molecule has 21 heavy (non-hydrogen) atoms. The van der Waals surface area contributed by atoms with E-state index in [-0.39, 0.29) is 0 Å². The van der Waals surface area contributed by atoms with Crippen LogP contribution in [0.3, 0.4) is 0 Å². The van der Waals surface area contributed by atoms with Gasteiger partial charge in [-0.2, -0.15) is 0 Å². The van der Waals surface area contributed by atoms with E-state index in [2.05, 4.69) is 10.3 Å². The average molecular weight is 278 g/mol. The van der Waals surface area contributed by atoms with E-state index in [1.165, 1.54) is 0 Å². The van der Waals surface area contributed by atoms with Crippen molar-refractivity contribution in [3.05, 3.63) is 60.3 Å². The fourth-order valence-electron chi connectivity index (χ4n) is 2.18. The Morgan fingerprint density at radius 3 is 2.71 bits per heavy atom. The minimum atomic E-state index is -0.548. The lowest BCUT2D eigenvalue weighted by atomic mass is 10.1. The van der Waals surface area contributed by atoms with Crippen molar-refractivity contribution < 1.29 is 4.79 Å². The molecule has 104 valence electrons. The van der Waals surface area contributed by atoms with Crippen LogP contribution in [-0.2, 0) is 0 Å². The third-order valence-electron chi connectivity index (χ3n) is 3.24. The van der Waals surface area contributed by atoms with Crippen LogP contribution in [-0.4, -0.2) is 10.9 Å². The first-order valence-corrected chi connectivity index (χ1v) is 6.45. The number of nitrogens with two attached hydrogens (primary N) is 2. The number of amides is 1. The maximum Gasteiger partial charge on any atom is 0.250 e. The Balaban J connectivity index is 1.98. The van der Waals surface area contributed by atoms with E-state index in [9.17, 15) is 4.79 Å². The summed E-state index contributed by atoms with van der Waals surface area (Å²) in [4.78, 5) is 15.7. The van der Waals surface area contributed by atoms with E-state index >= 15 is 0 Å². The molecule has 0 aliphatic heterocycles. The van der Waals surface area contributed by atoms with Gasteiger partial charge in [0.05, 0.1) is 34.3 Å². The number of aromatic nitrogens is 1. The molecule has 0 radical (unpaired) electrons. The number of para-hydroxylation sites is 2. The maximum absolute atomic E-state index is 11.3. The monoisotopic (exact) mass is 278 g/mol. The topological polar surface area (TPSA) is 94.0 Å². The summed E-state index contributed by atoms with van der Waals surface area (Å²) in [6.07, 6.45) is 1.72. The molecule has 0 bridgehead atoms. The van der Waals surface area contributed by atoms with Crippen molar-refractivity contribution in [1.82, 2.24) is 4.98 Å². The molecule has 1 aromatic heterocycles. The summed E-state index contributed by atoms with van der Waals surface area (Å²) in [6, 6.07) is 14.9. The second-order valence-corrected chi connectivity index (χ2v) is 4.67. The van der Waals surface area contributed by atoms with E-state index in [1.54, 1.807) is 24.4 Å². The number of benzene rings is 2. The van der Waals surface area contributed by atoms with E-state index in [1.807, 2.05) is 30.3 Å². The molecule has 0 atom stereocenters. The van der Waals surface area contributed by atoms with Crippen LogP contribution in [0.25, 0.3) is 10.9 Å². The molecule has 0 saturated carbocycles. The molecule has 0 aliphatic carbocycles. The third kappa shape index (κ3) is 2.49. The molecule has 0 aliphatic rings. The molecule has 0 unspecified atom stereocenters. The zero-order valence-electron chi connectivity index (χ0n) is 11.2. The van der Waals surface area contributed by atoms with Gasteiger partial charge < -0.3 is 16.8 Å². The van der Waals surface area contributed by atoms with E-state index in [0.29, 0.717) is 16.9 Å². The lowest BCUT2D eigenvalue weighted by Gasteiger charge is -2.11. The van der Waals surface area contributed by atoms with Crippen LogP contribution in [0.5, 0.6) is 0 Å². The molecule has 3 rings (SSSR count). The highest BCUT2D eigenvalue weighted by molar-refractivity contribution is 6.01. The lowest BCUT2D eigenvalue weighted by Crippen LogP contribution is -2.14. The van der Waals surface area contributed by atoms with Crippen LogP contribution < -0.4 is 16.8 Å². The quantitative estimate of drug-likeness (QED) is 0.642. The number of rotatable bonds is 3. The lowest BCUT2D eigenvalue weighted by molar-refractivity contribution is 0.100. The van der Waals surface area contributed by atoms with E-state index < -0.39 is 5.91 Å². The van der Waals surface area contributed by atoms with Crippen molar-refractivity contribution in [2.45, 2.75) is 0 Å². The number of pyridine rings is 1. The first-order valence-electron chi connectivity index (χ1n) is 6.45. The first-order chi connectivity index (χ1) is 10.1. The molecule has 0 spiro atoms. The van der Waals surface area contributed by atoms with Gasteiger partial charge in [-0.15, -0.1) is 0 Å². The molecule has 5 N–H and O–H groups in total. The molecule has 1 amide bonds. The number of carbonyl (C=O) groups excluding carboxylic acids is 1. The SMILES string of the molecule is NC(=O)c1cccc(Nc2cnc3ccccc3c2)c1N. The number of nitrogens with one attached hydrogen (secondary N) is 1. The fourth-order valence-corrected chi connectivity index (χ4v) is 2.18. The summed E-state index contributed by atoms with van der Waals surface area (Å²) >= 11 is 0. The van der Waals surface area contributed by atoms with Crippen LogP contribution >= 0.6 is 0 Å². The van der Waals surface area contributed by atoms with Crippen LogP contribution in [0.1, 0.15) is 10.4 Å². The van der Waals surface area contributed by atoms with Gasteiger partial charge in [0.25, 0.3) is 5.91 Å². The summed E-state index contributed by atoms with van der Waals surface area (Å²) in [5, 5.41) is 4.18. The van der Waals surface area contributed by atoms with Gasteiger partial charge in [-0.3, -0.25) is 9.78 Å². The van der Waals surface area contributed by atoms with Crippen molar-refractivity contribution in [2.75, 3.05) is 11.1 Å². The van der Waals surface area contributed by atoms with Crippen LogP contribution in [0, 0.1) is 0 Å². The summed E-state index contributed by atoms with van der Waals surface area (Å²) in [5.74, 6) is -0.548. The van der Waals surface area contributed by atoms with Crippen LogP contribution in [0.15, 0.2) is 54.7 Å². The minimum absolute atomic E-state index is 0.300. The number of anilines is 3. The van der Waals surface area contributed by atoms with Gasteiger partial charge in [0, 0.05) is 5.39 Å². The fraction of sp³-hybridized carbons (Fsp3) is 0.